The van der Waals surface area contributed by atoms with Gasteiger partial charge in [-0.15, -0.1) is 0 Å². The summed E-state index contributed by atoms with van der Waals surface area (Å²) in [5.74, 6) is -1.05. The zero-order chi connectivity index (χ0) is 15.7. The lowest BCUT2D eigenvalue weighted by atomic mass is 9.75. The van der Waals surface area contributed by atoms with E-state index in [2.05, 4.69) is 5.32 Å². The second kappa shape index (κ2) is 5.92. The monoisotopic (exact) mass is 321 g/mol. The van der Waals surface area contributed by atoms with Crippen LogP contribution in [-0.2, 0) is 15.0 Å². The normalized spacial score (nSPS) is 26.2. The van der Waals surface area contributed by atoms with E-state index in [0.29, 0.717) is 17.9 Å². The Labute approximate surface area is 134 Å². The molecule has 22 heavy (non-hydrogen) atoms. The fourth-order valence-electron chi connectivity index (χ4n) is 3.67. The fourth-order valence-corrected chi connectivity index (χ4v) is 3.86. The molecule has 3 rings (SSSR count). The lowest BCUT2D eigenvalue weighted by molar-refractivity contribution is -0.146. The highest BCUT2D eigenvalue weighted by Gasteiger charge is 2.45. The first-order valence-corrected chi connectivity index (χ1v) is 8.19. The van der Waals surface area contributed by atoms with Crippen LogP contribution in [0.15, 0.2) is 24.3 Å². The van der Waals surface area contributed by atoms with Gasteiger partial charge in [-0.25, -0.2) is 0 Å². The quantitative estimate of drug-likeness (QED) is 0.895. The van der Waals surface area contributed by atoms with Gasteiger partial charge in [-0.05, 0) is 43.4 Å². The van der Waals surface area contributed by atoms with Crippen molar-refractivity contribution < 1.29 is 14.7 Å². The molecular weight excluding hydrogens is 302 g/mol. The number of hydrogen-bond acceptors (Lipinski definition) is 2. The predicted molar refractivity (Wildman–Crippen MR) is 83.9 cm³/mol. The Morgan fingerprint density at radius 1 is 1.23 bits per heavy atom. The Balaban J connectivity index is 1.74. The van der Waals surface area contributed by atoms with Gasteiger partial charge in [0, 0.05) is 11.1 Å². The van der Waals surface area contributed by atoms with Gasteiger partial charge in [0.15, 0.2) is 0 Å². The molecule has 1 aromatic carbocycles. The molecule has 2 fully saturated rings. The molecule has 0 atom stereocenters. The average molecular weight is 322 g/mol. The van der Waals surface area contributed by atoms with Gasteiger partial charge < -0.3 is 10.4 Å². The minimum Gasteiger partial charge on any atom is -0.481 e. The minimum atomic E-state index is -0.768. The molecule has 0 aliphatic heterocycles. The van der Waals surface area contributed by atoms with Crippen molar-refractivity contribution in [1.29, 1.82) is 0 Å². The van der Waals surface area contributed by atoms with Crippen LogP contribution in [0.4, 0.5) is 0 Å². The molecule has 2 N–H and O–H groups in total. The Morgan fingerprint density at radius 2 is 1.91 bits per heavy atom. The first-order valence-electron chi connectivity index (χ1n) is 7.81. The van der Waals surface area contributed by atoms with E-state index in [9.17, 15) is 9.59 Å². The smallest absolute Gasteiger partial charge is 0.306 e. The molecule has 0 heterocycles. The van der Waals surface area contributed by atoms with Crippen molar-refractivity contribution in [2.45, 2.75) is 50.0 Å². The van der Waals surface area contributed by atoms with E-state index in [1.165, 1.54) is 0 Å². The minimum absolute atomic E-state index is 0.00902. The number of carboxylic acid groups (broad SMARTS) is 1. The van der Waals surface area contributed by atoms with Crippen LogP contribution in [0.1, 0.15) is 44.1 Å². The second-order valence-electron chi connectivity index (χ2n) is 6.48. The third-order valence-corrected chi connectivity index (χ3v) is 5.33. The van der Waals surface area contributed by atoms with Gasteiger partial charge in [-0.1, -0.05) is 36.6 Å². The highest BCUT2D eigenvalue weighted by Crippen LogP contribution is 2.42. The Morgan fingerprint density at radius 3 is 2.50 bits per heavy atom. The molecule has 4 nitrogen and oxygen atoms in total. The molecule has 0 unspecified atom stereocenters. The molecule has 0 saturated heterocycles. The molecule has 118 valence electrons. The van der Waals surface area contributed by atoms with E-state index in [-0.39, 0.29) is 17.9 Å². The Hall–Kier alpha value is -1.55. The van der Waals surface area contributed by atoms with Crippen LogP contribution in [-0.4, -0.2) is 23.0 Å². The molecule has 2 aliphatic rings. The summed E-state index contributed by atoms with van der Waals surface area (Å²) in [5, 5.41) is 12.6. The van der Waals surface area contributed by atoms with Gasteiger partial charge in [0.05, 0.1) is 11.3 Å². The third kappa shape index (κ3) is 2.72. The second-order valence-corrected chi connectivity index (χ2v) is 6.91. The number of carboxylic acids is 1. The molecule has 0 spiro atoms. The maximum atomic E-state index is 12.9. The van der Waals surface area contributed by atoms with Gasteiger partial charge in [0.1, 0.15) is 0 Å². The summed E-state index contributed by atoms with van der Waals surface area (Å²) < 4.78 is 0. The maximum Gasteiger partial charge on any atom is 0.306 e. The van der Waals surface area contributed by atoms with Crippen LogP contribution in [0.2, 0.25) is 5.02 Å². The summed E-state index contributed by atoms with van der Waals surface area (Å²) in [5.41, 5.74) is 0.475. The Kier molecular flexibility index (Phi) is 4.13. The molecule has 2 saturated carbocycles. The number of carbonyl (C=O) groups is 2. The van der Waals surface area contributed by atoms with E-state index in [1.54, 1.807) is 0 Å². The molecule has 1 aromatic rings. The summed E-state index contributed by atoms with van der Waals surface area (Å²) in [6.45, 7) is 0. The Bertz CT molecular complexity index is 589. The molecule has 0 aromatic heterocycles. The topological polar surface area (TPSA) is 66.4 Å². The number of nitrogens with one attached hydrogen (secondary N) is 1. The first-order chi connectivity index (χ1) is 10.5. The van der Waals surface area contributed by atoms with Crippen molar-refractivity contribution in [3.05, 3.63) is 34.9 Å². The summed E-state index contributed by atoms with van der Waals surface area (Å²) >= 11 is 6.09. The van der Waals surface area contributed by atoms with Crippen molar-refractivity contribution in [1.82, 2.24) is 5.32 Å². The SMILES string of the molecule is O=C(O)C1CC(NC(=O)C2(c3cccc(Cl)c3)CCCC2)C1. The molecule has 0 bridgehead atoms. The van der Waals surface area contributed by atoms with Gasteiger partial charge >= 0.3 is 5.97 Å². The van der Waals surface area contributed by atoms with E-state index < -0.39 is 11.4 Å². The zero-order valence-corrected chi connectivity index (χ0v) is 13.1. The summed E-state index contributed by atoms with van der Waals surface area (Å²) in [6, 6.07) is 7.54. The number of benzene rings is 1. The van der Waals surface area contributed by atoms with Crippen LogP contribution in [0.25, 0.3) is 0 Å². The predicted octanol–water partition coefficient (Wildman–Crippen LogP) is 3.13. The van der Waals surface area contributed by atoms with E-state index in [0.717, 1.165) is 31.2 Å². The van der Waals surface area contributed by atoms with Crippen molar-refractivity contribution in [3.63, 3.8) is 0 Å². The van der Waals surface area contributed by atoms with Gasteiger partial charge in [-0.3, -0.25) is 9.59 Å². The average Bonchev–Trinajstić information content (AvgIpc) is 2.92. The molecule has 1 amide bonds. The molecule has 0 radical (unpaired) electrons. The number of aliphatic carboxylic acids is 1. The summed E-state index contributed by atoms with van der Waals surface area (Å²) in [4.78, 5) is 23.7. The molecule has 2 aliphatic carbocycles. The summed E-state index contributed by atoms with van der Waals surface area (Å²) in [6.07, 6.45) is 4.78. The number of hydrogen-bond donors (Lipinski definition) is 2. The highest BCUT2D eigenvalue weighted by molar-refractivity contribution is 6.30. The van der Waals surface area contributed by atoms with Crippen LogP contribution in [0, 0.1) is 5.92 Å². The lowest BCUT2D eigenvalue weighted by Gasteiger charge is -2.37. The van der Waals surface area contributed by atoms with Crippen molar-refractivity contribution in [3.8, 4) is 0 Å². The van der Waals surface area contributed by atoms with Crippen LogP contribution < -0.4 is 5.32 Å². The van der Waals surface area contributed by atoms with E-state index in [4.69, 9.17) is 16.7 Å². The molecule has 5 heteroatoms. The van der Waals surface area contributed by atoms with E-state index in [1.807, 2.05) is 24.3 Å². The highest BCUT2D eigenvalue weighted by atomic mass is 35.5. The number of carbonyl (C=O) groups excluding carboxylic acids is 1. The standard InChI is InChI=1S/C17H20ClNO3/c18-13-5-3-4-12(10-13)17(6-1-2-7-17)16(22)19-14-8-11(9-14)15(20)21/h3-5,10-11,14H,1-2,6-9H2,(H,19,22)(H,20,21). The van der Waals surface area contributed by atoms with Crippen molar-refractivity contribution in [2.75, 3.05) is 0 Å². The fraction of sp³-hybridized carbons (Fsp3) is 0.529. The summed E-state index contributed by atoms with van der Waals surface area (Å²) in [7, 11) is 0. The van der Waals surface area contributed by atoms with Crippen LogP contribution >= 0.6 is 11.6 Å². The lowest BCUT2D eigenvalue weighted by Crippen LogP contribution is -2.52. The van der Waals surface area contributed by atoms with E-state index >= 15 is 0 Å². The number of halogens is 1. The van der Waals surface area contributed by atoms with Gasteiger partial charge in [0.2, 0.25) is 5.91 Å². The first kappa shape index (κ1) is 15.3. The maximum absolute atomic E-state index is 12.9. The van der Waals surface area contributed by atoms with Crippen molar-refractivity contribution in [2.24, 2.45) is 5.92 Å². The number of rotatable bonds is 4. The van der Waals surface area contributed by atoms with Crippen LogP contribution in [0.5, 0.6) is 0 Å². The zero-order valence-electron chi connectivity index (χ0n) is 12.3. The number of amides is 1. The molecular formula is C17H20ClNO3. The third-order valence-electron chi connectivity index (χ3n) is 5.09. The van der Waals surface area contributed by atoms with Crippen molar-refractivity contribution >= 4 is 23.5 Å². The largest absolute Gasteiger partial charge is 0.481 e. The van der Waals surface area contributed by atoms with Gasteiger partial charge in [-0.2, -0.15) is 0 Å². The van der Waals surface area contributed by atoms with Crippen LogP contribution in [0.3, 0.4) is 0 Å². The van der Waals surface area contributed by atoms with Gasteiger partial charge in [0.25, 0.3) is 0 Å².